The van der Waals surface area contributed by atoms with E-state index in [4.69, 9.17) is 10.5 Å². The molecule has 0 saturated heterocycles. The Balaban J connectivity index is 2.58. The van der Waals surface area contributed by atoms with Crippen molar-refractivity contribution in [3.05, 3.63) is 34.1 Å². The minimum atomic E-state index is -0.239. The Morgan fingerprint density at radius 2 is 2.12 bits per heavy atom. The average molecular weight is 290 g/mol. The number of nitrogens with two attached hydrogens (primary N) is 1. The number of ether oxygens (including phenoxy) is 1. The van der Waals surface area contributed by atoms with E-state index in [-0.39, 0.29) is 18.0 Å². The number of hydrogen-bond acceptors (Lipinski definition) is 2. The van der Waals surface area contributed by atoms with Crippen LogP contribution >= 0.6 is 15.9 Å². The third kappa shape index (κ3) is 4.60. The summed E-state index contributed by atoms with van der Waals surface area (Å²) in [5.74, 6) is -0.239. The van der Waals surface area contributed by atoms with Crippen molar-refractivity contribution in [3.8, 4) is 0 Å². The van der Waals surface area contributed by atoms with Crippen molar-refractivity contribution >= 4 is 15.9 Å². The zero-order chi connectivity index (χ0) is 12.1. The summed E-state index contributed by atoms with van der Waals surface area (Å²) in [6, 6.07) is 4.83. The number of halogens is 2. The molecule has 0 saturated carbocycles. The van der Waals surface area contributed by atoms with E-state index in [1.54, 1.807) is 7.11 Å². The monoisotopic (exact) mass is 289 g/mol. The van der Waals surface area contributed by atoms with Gasteiger partial charge in [0, 0.05) is 17.6 Å². The highest BCUT2D eigenvalue weighted by Crippen LogP contribution is 2.16. The van der Waals surface area contributed by atoms with Crippen LogP contribution in [0.15, 0.2) is 22.7 Å². The van der Waals surface area contributed by atoms with Crippen LogP contribution in [0.25, 0.3) is 0 Å². The fourth-order valence-electron chi connectivity index (χ4n) is 1.64. The first-order valence-corrected chi connectivity index (χ1v) is 6.04. The van der Waals surface area contributed by atoms with Crippen LogP contribution in [-0.2, 0) is 11.2 Å². The van der Waals surface area contributed by atoms with Crippen LogP contribution in [0.2, 0.25) is 0 Å². The van der Waals surface area contributed by atoms with Gasteiger partial charge in [-0.25, -0.2) is 4.39 Å². The van der Waals surface area contributed by atoms with E-state index in [2.05, 4.69) is 15.9 Å². The SMILES string of the molecule is COC(C)CC(N)Cc1cc(F)cc(Br)c1. The molecule has 0 fully saturated rings. The molecule has 1 rings (SSSR count). The molecular formula is C12H17BrFNO. The molecule has 2 N–H and O–H groups in total. The highest BCUT2D eigenvalue weighted by atomic mass is 79.9. The van der Waals surface area contributed by atoms with Gasteiger partial charge in [-0.1, -0.05) is 15.9 Å². The second-order valence-electron chi connectivity index (χ2n) is 4.02. The van der Waals surface area contributed by atoms with E-state index in [9.17, 15) is 4.39 Å². The largest absolute Gasteiger partial charge is 0.382 e. The lowest BCUT2D eigenvalue weighted by Gasteiger charge is -2.16. The van der Waals surface area contributed by atoms with Crippen LogP contribution in [0.1, 0.15) is 18.9 Å². The van der Waals surface area contributed by atoms with Crippen LogP contribution in [0.4, 0.5) is 4.39 Å². The standard InChI is InChI=1S/C12H17BrFNO/c1-8(16-2)3-12(15)6-9-4-10(13)7-11(14)5-9/h4-5,7-8,12H,3,6,15H2,1-2H3. The lowest BCUT2D eigenvalue weighted by molar-refractivity contribution is 0.104. The van der Waals surface area contributed by atoms with Gasteiger partial charge in [0.1, 0.15) is 5.82 Å². The summed E-state index contributed by atoms with van der Waals surface area (Å²) in [6.07, 6.45) is 1.56. The summed E-state index contributed by atoms with van der Waals surface area (Å²) in [4.78, 5) is 0. The van der Waals surface area contributed by atoms with Crippen molar-refractivity contribution in [1.82, 2.24) is 0 Å². The van der Waals surface area contributed by atoms with Gasteiger partial charge in [0.25, 0.3) is 0 Å². The summed E-state index contributed by atoms with van der Waals surface area (Å²) in [7, 11) is 1.66. The Labute approximate surface area is 104 Å². The fourth-order valence-corrected chi connectivity index (χ4v) is 2.15. The van der Waals surface area contributed by atoms with E-state index in [0.717, 1.165) is 16.5 Å². The predicted octanol–water partition coefficient (Wildman–Crippen LogP) is 2.88. The Hall–Kier alpha value is -0.450. The van der Waals surface area contributed by atoms with E-state index < -0.39 is 0 Å². The summed E-state index contributed by atoms with van der Waals surface area (Å²) in [5, 5.41) is 0. The number of rotatable bonds is 5. The molecule has 0 radical (unpaired) electrons. The van der Waals surface area contributed by atoms with E-state index in [1.807, 2.05) is 13.0 Å². The lowest BCUT2D eigenvalue weighted by atomic mass is 10.0. The molecule has 0 heterocycles. The van der Waals surface area contributed by atoms with Crippen LogP contribution in [0, 0.1) is 5.82 Å². The van der Waals surface area contributed by atoms with Crippen LogP contribution in [0.3, 0.4) is 0 Å². The molecule has 0 aliphatic rings. The summed E-state index contributed by atoms with van der Waals surface area (Å²) in [5.41, 5.74) is 6.87. The Morgan fingerprint density at radius 3 is 2.69 bits per heavy atom. The number of methoxy groups -OCH3 is 1. The van der Waals surface area contributed by atoms with E-state index in [1.165, 1.54) is 12.1 Å². The van der Waals surface area contributed by atoms with Crippen molar-refractivity contribution in [2.45, 2.75) is 31.9 Å². The van der Waals surface area contributed by atoms with Crippen molar-refractivity contribution in [2.75, 3.05) is 7.11 Å². The third-order valence-electron chi connectivity index (χ3n) is 2.46. The predicted molar refractivity (Wildman–Crippen MR) is 66.9 cm³/mol. The van der Waals surface area contributed by atoms with Gasteiger partial charge in [-0.05, 0) is 43.5 Å². The van der Waals surface area contributed by atoms with Crippen molar-refractivity contribution < 1.29 is 9.13 Å². The van der Waals surface area contributed by atoms with Gasteiger partial charge in [0.05, 0.1) is 6.10 Å². The molecule has 90 valence electrons. The molecule has 0 spiro atoms. The molecule has 2 nitrogen and oxygen atoms in total. The second kappa shape index (κ2) is 6.33. The summed E-state index contributed by atoms with van der Waals surface area (Å²) >= 11 is 3.26. The molecule has 0 bridgehead atoms. The molecule has 0 aliphatic carbocycles. The highest BCUT2D eigenvalue weighted by molar-refractivity contribution is 9.10. The van der Waals surface area contributed by atoms with Crippen molar-refractivity contribution in [3.63, 3.8) is 0 Å². The summed E-state index contributed by atoms with van der Waals surface area (Å²) < 4.78 is 19.0. The van der Waals surface area contributed by atoms with Crippen LogP contribution in [-0.4, -0.2) is 19.3 Å². The van der Waals surface area contributed by atoms with Gasteiger partial charge in [0.2, 0.25) is 0 Å². The molecular weight excluding hydrogens is 273 g/mol. The molecule has 0 amide bonds. The van der Waals surface area contributed by atoms with Crippen molar-refractivity contribution in [2.24, 2.45) is 5.73 Å². The molecule has 0 aliphatic heterocycles. The molecule has 1 aromatic carbocycles. The number of benzene rings is 1. The van der Waals surface area contributed by atoms with Gasteiger partial charge >= 0.3 is 0 Å². The minimum absolute atomic E-state index is 0.0105. The molecule has 0 aromatic heterocycles. The normalized spacial score (nSPS) is 14.8. The smallest absolute Gasteiger partial charge is 0.124 e. The maximum absolute atomic E-state index is 13.1. The van der Waals surface area contributed by atoms with Gasteiger partial charge in [-0.15, -0.1) is 0 Å². The molecule has 1 aromatic rings. The topological polar surface area (TPSA) is 35.2 Å². The van der Waals surface area contributed by atoms with Gasteiger partial charge in [0.15, 0.2) is 0 Å². The van der Waals surface area contributed by atoms with Crippen LogP contribution in [0.5, 0.6) is 0 Å². The molecule has 4 heteroatoms. The van der Waals surface area contributed by atoms with Gasteiger partial charge < -0.3 is 10.5 Å². The van der Waals surface area contributed by atoms with E-state index >= 15 is 0 Å². The van der Waals surface area contributed by atoms with Gasteiger partial charge in [-0.2, -0.15) is 0 Å². The first kappa shape index (κ1) is 13.6. The zero-order valence-corrected chi connectivity index (χ0v) is 11.1. The Bertz CT molecular complexity index is 326. The quantitative estimate of drug-likeness (QED) is 0.905. The maximum atomic E-state index is 13.1. The molecule has 2 unspecified atom stereocenters. The van der Waals surface area contributed by atoms with E-state index in [0.29, 0.717) is 6.42 Å². The third-order valence-corrected chi connectivity index (χ3v) is 2.92. The number of hydrogen-bond donors (Lipinski definition) is 1. The average Bonchev–Trinajstić information content (AvgIpc) is 2.15. The Kier molecular flexibility index (Phi) is 5.38. The fraction of sp³-hybridized carbons (Fsp3) is 0.500. The molecule has 2 atom stereocenters. The second-order valence-corrected chi connectivity index (χ2v) is 4.94. The lowest BCUT2D eigenvalue weighted by Crippen LogP contribution is -2.28. The Morgan fingerprint density at radius 1 is 1.44 bits per heavy atom. The molecule has 16 heavy (non-hydrogen) atoms. The van der Waals surface area contributed by atoms with Crippen molar-refractivity contribution in [1.29, 1.82) is 0 Å². The summed E-state index contributed by atoms with van der Waals surface area (Å²) in [6.45, 7) is 1.97. The highest BCUT2D eigenvalue weighted by Gasteiger charge is 2.10. The minimum Gasteiger partial charge on any atom is -0.382 e. The first-order valence-electron chi connectivity index (χ1n) is 5.24. The first-order chi connectivity index (χ1) is 7.51. The maximum Gasteiger partial charge on any atom is 0.124 e. The van der Waals surface area contributed by atoms with Gasteiger partial charge in [-0.3, -0.25) is 0 Å². The van der Waals surface area contributed by atoms with Crippen LogP contribution < -0.4 is 5.73 Å². The zero-order valence-electron chi connectivity index (χ0n) is 9.54.